The highest BCUT2D eigenvalue weighted by Crippen LogP contribution is 1.67. The van der Waals surface area contributed by atoms with Crippen molar-refractivity contribution in [3.05, 3.63) is 12.2 Å². The summed E-state index contributed by atoms with van der Waals surface area (Å²) >= 11 is 0. The van der Waals surface area contributed by atoms with E-state index in [4.69, 9.17) is 11.3 Å². The molecule has 2 nitrogen and oxygen atoms in total. The molecule has 0 spiro atoms. The molecule has 1 N–H and O–H groups in total. The fourth-order valence-electron chi connectivity index (χ4n) is 0.318. The molecule has 50 valence electrons. The maximum absolute atomic E-state index is 4.91. The molecule has 0 fully saturated rings. The molecule has 0 radical (unpaired) electrons. The third-order valence-corrected chi connectivity index (χ3v) is 0.694. The number of rotatable bonds is 4. The van der Waals surface area contributed by atoms with E-state index in [-0.39, 0.29) is 0 Å². The van der Waals surface area contributed by atoms with Crippen molar-refractivity contribution in [1.29, 1.82) is 0 Å². The Morgan fingerprint density at radius 3 is 3.11 bits per heavy atom. The monoisotopic (exact) mass is 125 g/mol. The van der Waals surface area contributed by atoms with Crippen LogP contribution in [0, 0.1) is 12.3 Å². The minimum atomic E-state index is 0.317. The molecule has 0 atom stereocenters. The molecular weight excluding hydrogens is 114 g/mol. The summed E-state index contributed by atoms with van der Waals surface area (Å²) in [7, 11) is 0. The molecule has 0 unspecified atom stereocenters. The number of nitrogens with one attached hydrogen (secondary N) is 1. The van der Waals surface area contributed by atoms with Crippen LogP contribution in [0.15, 0.2) is 12.2 Å². The lowest BCUT2D eigenvalue weighted by atomic mass is 10.5. The fraction of sp³-hybridized carbons (Fsp3) is 0.429. The van der Waals surface area contributed by atoms with Crippen molar-refractivity contribution in [3.8, 4) is 12.3 Å². The lowest BCUT2D eigenvalue weighted by Crippen LogP contribution is -2.14. The van der Waals surface area contributed by atoms with E-state index < -0.39 is 0 Å². The summed E-state index contributed by atoms with van der Waals surface area (Å²) in [4.78, 5) is 4.75. The minimum absolute atomic E-state index is 0.317. The zero-order valence-corrected chi connectivity index (χ0v) is 5.55. The Balaban J connectivity index is 2.85. The molecule has 0 aliphatic carbocycles. The van der Waals surface area contributed by atoms with Gasteiger partial charge in [-0.3, -0.25) is 4.84 Å². The number of hydroxylamine groups is 1. The van der Waals surface area contributed by atoms with Gasteiger partial charge in [0.15, 0.2) is 0 Å². The molecular formula is C7H11NO. The van der Waals surface area contributed by atoms with Gasteiger partial charge in [0, 0.05) is 6.54 Å². The van der Waals surface area contributed by atoms with Gasteiger partial charge in [0.05, 0.1) is 0 Å². The highest BCUT2D eigenvalue weighted by Gasteiger charge is 1.75. The first-order chi connectivity index (χ1) is 4.41. The Labute approximate surface area is 55.9 Å². The van der Waals surface area contributed by atoms with Gasteiger partial charge in [-0.2, -0.15) is 5.48 Å². The second-order valence-electron chi connectivity index (χ2n) is 1.41. The first-order valence-corrected chi connectivity index (χ1v) is 2.81. The number of hydrogen-bond donors (Lipinski definition) is 1. The molecule has 0 amide bonds. The van der Waals surface area contributed by atoms with Gasteiger partial charge in [-0.05, 0) is 6.92 Å². The Kier molecular flexibility index (Phi) is 6.59. The Bertz CT molecular complexity index is 113. The molecule has 0 aromatic carbocycles. The summed E-state index contributed by atoms with van der Waals surface area (Å²) < 4.78 is 0. The van der Waals surface area contributed by atoms with Gasteiger partial charge in [-0.15, -0.1) is 6.42 Å². The highest BCUT2D eigenvalue weighted by molar-refractivity contribution is 4.83. The first-order valence-electron chi connectivity index (χ1n) is 2.81. The molecule has 0 saturated carbocycles. The average Bonchev–Trinajstić information content (AvgIpc) is 1.89. The summed E-state index contributed by atoms with van der Waals surface area (Å²) in [5.41, 5.74) is 2.66. The zero-order valence-electron chi connectivity index (χ0n) is 5.55. The lowest BCUT2D eigenvalue weighted by Gasteiger charge is -1.95. The van der Waals surface area contributed by atoms with Crippen molar-refractivity contribution >= 4 is 0 Å². The number of allylic oxidation sites excluding steroid dienone is 1. The molecule has 0 bridgehead atoms. The van der Waals surface area contributed by atoms with Crippen molar-refractivity contribution < 1.29 is 4.84 Å². The number of hydrogen-bond acceptors (Lipinski definition) is 2. The summed E-state index contributed by atoms with van der Waals surface area (Å²) in [6.45, 7) is 2.97. The third kappa shape index (κ3) is 7.22. The minimum Gasteiger partial charge on any atom is -0.289 e. The molecule has 0 heterocycles. The van der Waals surface area contributed by atoms with Gasteiger partial charge >= 0.3 is 0 Å². The van der Waals surface area contributed by atoms with Crippen molar-refractivity contribution in [3.63, 3.8) is 0 Å². The Hall–Kier alpha value is -0.780. The summed E-state index contributed by atoms with van der Waals surface area (Å²) in [5, 5.41) is 0. The van der Waals surface area contributed by atoms with Crippen LogP contribution >= 0.6 is 0 Å². The zero-order chi connectivity index (χ0) is 6.95. The first kappa shape index (κ1) is 8.22. The van der Waals surface area contributed by atoms with E-state index in [0.29, 0.717) is 13.2 Å². The predicted octanol–water partition coefficient (Wildman–Crippen LogP) is 0.717. The standard InChI is InChI=1S/C7H11NO/c1-3-5-6-8-9-7-4-2/h2-3,5,8H,6-7H2,1H3/b5-3+. The maximum Gasteiger partial charge on any atom is 0.128 e. The van der Waals surface area contributed by atoms with E-state index in [9.17, 15) is 0 Å². The molecule has 0 aliphatic rings. The van der Waals surface area contributed by atoms with Gasteiger partial charge in [-0.25, -0.2) is 0 Å². The molecule has 2 heteroatoms. The maximum atomic E-state index is 4.91. The lowest BCUT2D eigenvalue weighted by molar-refractivity contribution is 0.0746. The van der Waals surface area contributed by atoms with Crippen LogP contribution in [-0.2, 0) is 4.84 Å². The molecule has 0 aromatic rings. The Morgan fingerprint density at radius 2 is 2.56 bits per heavy atom. The summed E-state index contributed by atoms with van der Waals surface area (Å²) in [6, 6.07) is 0. The van der Waals surface area contributed by atoms with Gasteiger partial charge in [0.1, 0.15) is 6.61 Å². The van der Waals surface area contributed by atoms with Gasteiger partial charge in [0.2, 0.25) is 0 Å². The highest BCUT2D eigenvalue weighted by atomic mass is 16.6. The van der Waals surface area contributed by atoms with Crippen LogP contribution < -0.4 is 5.48 Å². The van der Waals surface area contributed by atoms with E-state index in [2.05, 4.69) is 11.4 Å². The smallest absolute Gasteiger partial charge is 0.128 e. The van der Waals surface area contributed by atoms with Crippen LogP contribution in [0.3, 0.4) is 0 Å². The second-order valence-corrected chi connectivity index (χ2v) is 1.41. The Morgan fingerprint density at radius 1 is 1.78 bits per heavy atom. The van der Waals surface area contributed by atoms with Crippen LogP contribution in [0.4, 0.5) is 0 Å². The topological polar surface area (TPSA) is 21.3 Å². The summed E-state index contributed by atoms with van der Waals surface area (Å²) in [6.07, 6.45) is 8.79. The second kappa shape index (κ2) is 7.22. The normalized spacial score (nSPS) is 9.78. The van der Waals surface area contributed by atoms with Gasteiger partial charge in [0.25, 0.3) is 0 Å². The van der Waals surface area contributed by atoms with E-state index in [1.54, 1.807) is 0 Å². The molecule has 0 rings (SSSR count). The quantitative estimate of drug-likeness (QED) is 0.259. The van der Waals surface area contributed by atoms with Crippen molar-refractivity contribution in [2.45, 2.75) is 6.92 Å². The molecule has 0 aromatic heterocycles. The van der Waals surface area contributed by atoms with Crippen molar-refractivity contribution in [1.82, 2.24) is 5.48 Å². The van der Waals surface area contributed by atoms with Crippen LogP contribution in [-0.4, -0.2) is 13.2 Å². The molecule has 9 heavy (non-hydrogen) atoms. The fourth-order valence-corrected chi connectivity index (χ4v) is 0.318. The van der Waals surface area contributed by atoms with Crippen molar-refractivity contribution in [2.24, 2.45) is 0 Å². The third-order valence-electron chi connectivity index (χ3n) is 0.694. The van der Waals surface area contributed by atoms with E-state index in [1.807, 2.05) is 19.1 Å². The van der Waals surface area contributed by atoms with Crippen LogP contribution in [0.2, 0.25) is 0 Å². The van der Waals surface area contributed by atoms with E-state index in [1.165, 1.54) is 0 Å². The van der Waals surface area contributed by atoms with Crippen LogP contribution in [0.25, 0.3) is 0 Å². The average molecular weight is 125 g/mol. The number of terminal acetylenes is 1. The van der Waals surface area contributed by atoms with Gasteiger partial charge < -0.3 is 0 Å². The largest absolute Gasteiger partial charge is 0.289 e. The molecule has 0 saturated heterocycles. The van der Waals surface area contributed by atoms with Gasteiger partial charge in [-0.1, -0.05) is 18.1 Å². The van der Waals surface area contributed by atoms with E-state index >= 15 is 0 Å². The molecule has 0 aliphatic heterocycles. The van der Waals surface area contributed by atoms with Crippen molar-refractivity contribution in [2.75, 3.05) is 13.2 Å². The van der Waals surface area contributed by atoms with Crippen LogP contribution in [0.1, 0.15) is 6.92 Å². The van der Waals surface area contributed by atoms with E-state index in [0.717, 1.165) is 0 Å². The predicted molar refractivity (Wildman–Crippen MR) is 37.6 cm³/mol. The summed E-state index contributed by atoms with van der Waals surface area (Å²) in [5.74, 6) is 2.34. The SMILES string of the molecule is C#CCONC/C=C/C. The van der Waals surface area contributed by atoms with Crippen LogP contribution in [0.5, 0.6) is 0 Å².